The molecule has 0 aliphatic rings. The molecule has 0 saturated carbocycles. The van der Waals surface area contributed by atoms with E-state index in [2.05, 4.69) is 26.2 Å². The van der Waals surface area contributed by atoms with Gasteiger partial charge in [-0.3, -0.25) is 4.98 Å². The lowest BCUT2D eigenvalue weighted by molar-refractivity contribution is 0.460. The van der Waals surface area contributed by atoms with Crippen molar-refractivity contribution in [2.45, 2.75) is 13.5 Å². The molecule has 5 heteroatoms. The molecule has 19 heavy (non-hydrogen) atoms. The lowest BCUT2D eigenvalue weighted by atomic mass is 10.2. The van der Waals surface area contributed by atoms with Crippen molar-refractivity contribution in [3.63, 3.8) is 0 Å². The summed E-state index contributed by atoms with van der Waals surface area (Å²) in [5.41, 5.74) is 0.518. The maximum atomic E-state index is 13.8. The van der Waals surface area contributed by atoms with Gasteiger partial charge in [0.05, 0.1) is 6.20 Å². The molecule has 1 heterocycles. The Morgan fingerprint density at radius 2 is 2.21 bits per heavy atom. The van der Waals surface area contributed by atoms with Crippen LogP contribution in [0.3, 0.4) is 0 Å². The average Bonchev–Trinajstić information content (AvgIpc) is 2.38. The van der Waals surface area contributed by atoms with Gasteiger partial charge in [0.1, 0.15) is 17.3 Å². The van der Waals surface area contributed by atoms with Gasteiger partial charge in [0.25, 0.3) is 0 Å². The number of hydrogen-bond donors (Lipinski definition) is 1. The maximum absolute atomic E-state index is 13.8. The number of aromatic nitrogens is 1. The van der Waals surface area contributed by atoms with E-state index in [0.717, 1.165) is 11.0 Å². The number of pyridine rings is 1. The topological polar surface area (TPSA) is 34.1 Å². The van der Waals surface area contributed by atoms with Gasteiger partial charge in [-0.1, -0.05) is 13.0 Å². The van der Waals surface area contributed by atoms with Gasteiger partial charge in [0, 0.05) is 22.8 Å². The van der Waals surface area contributed by atoms with E-state index in [9.17, 15) is 4.39 Å². The summed E-state index contributed by atoms with van der Waals surface area (Å²) in [4.78, 5) is 4.01. The molecule has 1 N–H and O–H groups in total. The van der Waals surface area contributed by atoms with Crippen LogP contribution in [0.5, 0.6) is 11.5 Å². The van der Waals surface area contributed by atoms with Crippen molar-refractivity contribution in [1.82, 2.24) is 10.3 Å². The van der Waals surface area contributed by atoms with Crippen LogP contribution in [-0.2, 0) is 6.54 Å². The van der Waals surface area contributed by atoms with Crippen LogP contribution in [-0.4, -0.2) is 11.5 Å². The molecular formula is C14H14BrFN2O. The van der Waals surface area contributed by atoms with Crippen LogP contribution in [0.1, 0.15) is 12.5 Å². The first-order valence-corrected chi connectivity index (χ1v) is 6.76. The zero-order valence-corrected chi connectivity index (χ0v) is 12.1. The minimum absolute atomic E-state index is 0.276. The highest BCUT2D eigenvalue weighted by Gasteiger charge is 2.10. The van der Waals surface area contributed by atoms with Crippen molar-refractivity contribution in [2.24, 2.45) is 0 Å². The summed E-state index contributed by atoms with van der Waals surface area (Å²) in [6.07, 6.45) is 3.25. The zero-order chi connectivity index (χ0) is 13.7. The quantitative estimate of drug-likeness (QED) is 0.906. The highest BCUT2D eigenvalue weighted by Crippen LogP contribution is 2.28. The molecule has 0 radical (unpaired) electrons. The number of halogens is 2. The number of ether oxygens (including phenoxy) is 1. The predicted molar refractivity (Wildman–Crippen MR) is 75.8 cm³/mol. The maximum Gasteiger partial charge on any atom is 0.146 e. The van der Waals surface area contributed by atoms with Gasteiger partial charge in [0.15, 0.2) is 0 Å². The number of nitrogens with zero attached hydrogens (tertiary/aromatic N) is 1. The molecule has 0 saturated heterocycles. The predicted octanol–water partition coefficient (Wildman–Crippen LogP) is 3.89. The van der Waals surface area contributed by atoms with E-state index in [0.29, 0.717) is 23.6 Å². The fraction of sp³-hybridized carbons (Fsp3) is 0.214. The van der Waals surface area contributed by atoms with Crippen molar-refractivity contribution in [3.05, 3.63) is 52.5 Å². The lowest BCUT2D eigenvalue weighted by Crippen LogP contribution is -2.13. The highest BCUT2D eigenvalue weighted by atomic mass is 79.9. The van der Waals surface area contributed by atoms with E-state index in [1.807, 2.05) is 6.92 Å². The van der Waals surface area contributed by atoms with Crippen molar-refractivity contribution < 1.29 is 9.13 Å². The third-order valence-electron chi connectivity index (χ3n) is 2.54. The van der Waals surface area contributed by atoms with Gasteiger partial charge >= 0.3 is 0 Å². The summed E-state index contributed by atoms with van der Waals surface area (Å²) in [5.74, 6) is 0.792. The van der Waals surface area contributed by atoms with Gasteiger partial charge in [-0.15, -0.1) is 0 Å². The fourth-order valence-corrected chi connectivity index (χ4v) is 1.98. The second-order valence-corrected chi connectivity index (χ2v) is 4.85. The molecule has 0 fully saturated rings. The van der Waals surface area contributed by atoms with E-state index in [1.165, 1.54) is 6.07 Å². The van der Waals surface area contributed by atoms with E-state index < -0.39 is 0 Å². The van der Waals surface area contributed by atoms with E-state index in [-0.39, 0.29) is 5.82 Å². The van der Waals surface area contributed by atoms with Gasteiger partial charge < -0.3 is 10.1 Å². The number of benzene rings is 1. The zero-order valence-electron chi connectivity index (χ0n) is 10.5. The number of rotatable bonds is 5. The first kappa shape index (κ1) is 14.0. The molecule has 0 aliphatic carbocycles. The molecule has 100 valence electrons. The molecule has 0 unspecified atom stereocenters. The Morgan fingerprint density at radius 3 is 2.95 bits per heavy atom. The van der Waals surface area contributed by atoms with Gasteiger partial charge in [0.2, 0.25) is 0 Å². The molecule has 0 bridgehead atoms. The third-order valence-corrected chi connectivity index (χ3v) is 2.97. The Hall–Kier alpha value is -1.46. The third kappa shape index (κ3) is 3.75. The summed E-state index contributed by atoms with van der Waals surface area (Å²) in [6, 6.07) is 6.59. The summed E-state index contributed by atoms with van der Waals surface area (Å²) >= 11 is 3.32. The van der Waals surface area contributed by atoms with Crippen LogP contribution in [0.4, 0.5) is 4.39 Å². The van der Waals surface area contributed by atoms with Crippen molar-refractivity contribution >= 4 is 15.9 Å². The molecule has 2 aromatic rings. The molecular weight excluding hydrogens is 311 g/mol. The van der Waals surface area contributed by atoms with Crippen molar-refractivity contribution in [1.29, 1.82) is 0 Å². The molecule has 1 aromatic carbocycles. The minimum Gasteiger partial charge on any atom is -0.455 e. The Labute approximate surface area is 119 Å². The van der Waals surface area contributed by atoms with Crippen LogP contribution >= 0.6 is 15.9 Å². The van der Waals surface area contributed by atoms with Gasteiger partial charge in [-0.25, -0.2) is 4.39 Å². The summed E-state index contributed by atoms with van der Waals surface area (Å²) in [6.45, 7) is 3.17. The van der Waals surface area contributed by atoms with Gasteiger partial charge in [-0.05, 0) is 40.7 Å². The van der Waals surface area contributed by atoms with Crippen LogP contribution in [0.25, 0.3) is 0 Å². The first-order valence-electron chi connectivity index (χ1n) is 5.97. The van der Waals surface area contributed by atoms with Crippen molar-refractivity contribution in [3.8, 4) is 11.5 Å². The van der Waals surface area contributed by atoms with E-state index >= 15 is 0 Å². The lowest BCUT2D eigenvalue weighted by Gasteiger charge is -2.12. The molecule has 1 aromatic heterocycles. The first-order chi connectivity index (χ1) is 9.20. The summed E-state index contributed by atoms with van der Waals surface area (Å²) in [5, 5.41) is 3.10. The summed E-state index contributed by atoms with van der Waals surface area (Å²) in [7, 11) is 0. The van der Waals surface area contributed by atoms with Crippen LogP contribution in [0, 0.1) is 5.82 Å². The molecule has 0 amide bonds. The normalized spacial score (nSPS) is 10.5. The van der Waals surface area contributed by atoms with Crippen LogP contribution < -0.4 is 10.1 Å². The standard InChI is InChI=1S/C14H14BrFN2O/c1-2-17-9-12-13(16)4-3-5-14(12)19-11-6-10(15)7-18-8-11/h3-8,17H,2,9H2,1H3. The largest absolute Gasteiger partial charge is 0.455 e. The van der Waals surface area contributed by atoms with E-state index in [1.54, 1.807) is 30.6 Å². The molecule has 0 spiro atoms. The number of nitrogens with one attached hydrogen (secondary N) is 1. The Bertz CT molecular complexity index is 563. The molecule has 3 nitrogen and oxygen atoms in total. The Morgan fingerprint density at radius 1 is 1.37 bits per heavy atom. The van der Waals surface area contributed by atoms with Crippen molar-refractivity contribution in [2.75, 3.05) is 6.54 Å². The van der Waals surface area contributed by atoms with Gasteiger partial charge in [-0.2, -0.15) is 0 Å². The monoisotopic (exact) mass is 324 g/mol. The highest BCUT2D eigenvalue weighted by molar-refractivity contribution is 9.10. The second-order valence-electron chi connectivity index (χ2n) is 3.94. The van der Waals surface area contributed by atoms with Crippen LogP contribution in [0.2, 0.25) is 0 Å². The smallest absolute Gasteiger partial charge is 0.146 e. The summed E-state index contributed by atoms with van der Waals surface area (Å²) < 4.78 is 20.3. The second kappa shape index (κ2) is 6.63. The Kier molecular flexibility index (Phi) is 4.87. The average molecular weight is 325 g/mol. The fourth-order valence-electron chi connectivity index (χ4n) is 1.63. The SMILES string of the molecule is CCNCc1c(F)cccc1Oc1cncc(Br)c1. The van der Waals surface area contributed by atoms with E-state index in [4.69, 9.17) is 4.74 Å². The van der Waals surface area contributed by atoms with Crippen LogP contribution in [0.15, 0.2) is 41.1 Å². The molecule has 0 aliphatic heterocycles. The number of hydrogen-bond acceptors (Lipinski definition) is 3. The Balaban J connectivity index is 2.26. The molecule has 0 atom stereocenters. The minimum atomic E-state index is -0.276. The molecule has 2 rings (SSSR count).